The van der Waals surface area contributed by atoms with E-state index in [1.807, 2.05) is 4.68 Å². The highest BCUT2D eigenvalue weighted by atomic mass is 16.5. The second-order valence-electron chi connectivity index (χ2n) is 4.47. The van der Waals surface area contributed by atoms with Crippen LogP contribution in [0.4, 0.5) is 0 Å². The Kier molecular flexibility index (Phi) is 6.10. The van der Waals surface area contributed by atoms with Gasteiger partial charge in [-0.2, -0.15) is 5.10 Å². The number of aliphatic hydroxyl groups is 1. The molecule has 0 saturated heterocycles. The Morgan fingerprint density at radius 3 is 2.88 bits per heavy atom. The van der Waals surface area contributed by atoms with Crippen LogP contribution in [-0.4, -0.2) is 46.2 Å². The summed E-state index contributed by atoms with van der Waals surface area (Å²) in [5, 5.41) is 16.5. The molecule has 0 saturated carbocycles. The first kappa shape index (κ1) is 14.1. The van der Waals surface area contributed by atoms with Crippen LogP contribution in [-0.2, 0) is 17.8 Å². The molecule has 1 rings (SSSR count). The summed E-state index contributed by atoms with van der Waals surface area (Å²) in [6.07, 6.45) is 1.56. The lowest BCUT2D eigenvalue weighted by molar-refractivity contribution is 0.127. The smallest absolute Gasteiger partial charge is 0.140 e. The van der Waals surface area contributed by atoms with Gasteiger partial charge in [-0.05, 0) is 5.92 Å². The molecule has 2 N–H and O–H groups in total. The van der Waals surface area contributed by atoms with Gasteiger partial charge in [0.1, 0.15) is 12.2 Å². The Balaban J connectivity index is 2.47. The Labute approximate surface area is 102 Å². The second kappa shape index (κ2) is 7.37. The van der Waals surface area contributed by atoms with Gasteiger partial charge in [0.15, 0.2) is 0 Å². The standard InChI is InChI=1S/C11H22N4O2/c1-9(2)5-15-11(13-8-14-15)4-12-10(6-16)7-17-3/h8-10,12,16H,4-7H2,1-3H3. The summed E-state index contributed by atoms with van der Waals surface area (Å²) in [6.45, 7) is 6.24. The van der Waals surface area contributed by atoms with Crippen molar-refractivity contribution in [1.82, 2.24) is 20.1 Å². The van der Waals surface area contributed by atoms with Crippen LogP contribution in [0.5, 0.6) is 0 Å². The summed E-state index contributed by atoms with van der Waals surface area (Å²) in [5.74, 6) is 1.41. The molecular weight excluding hydrogens is 220 g/mol. The average molecular weight is 242 g/mol. The number of aliphatic hydroxyl groups excluding tert-OH is 1. The van der Waals surface area contributed by atoms with Crippen LogP contribution < -0.4 is 5.32 Å². The first-order chi connectivity index (χ1) is 8.17. The highest BCUT2D eigenvalue weighted by Gasteiger charge is 2.10. The number of aromatic nitrogens is 3. The van der Waals surface area contributed by atoms with Crippen molar-refractivity contribution >= 4 is 0 Å². The quantitative estimate of drug-likeness (QED) is 0.673. The fourth-order valence-electron chi connectivity index (χ4n) is 1.54. The zero-order valence-corrected chi connectivity index (χ0v) is 10.8. The van der Waals surface area contributed by atoms with Gasteiger partial charge in [-0.25, -0.2) is 9.67 Å². The summed E-state index contributed by atoms with van der Waals surface area (Å²) >= 11 is 0. The molecule has 17 heavy (non-hydrogen) atoms. The lowest BCUT2D eigenvalue weighted by Gasteiger charge is -2.15. The predicted molar refractivity (Wildman–Crippen MR) is 64.4 cm³/mol. The van der Waals surface area contributed by atoms with E-state index >= 15 is 0 Å². The topological polar surface area (TPSA) is 72.2 Å². The molecule has 1 aromatic rings. The van der Waals surface area contributed by atoms with Gasteiger partial charge < -0.3 is 15.2 Å². The minimum atomic E-state index is -0.0656. The fraction of sp³-hybridized carbons (Fsp3) is 0.818. The molecule has 0 aliphatic rings. The van der Waals surface area contributed by atoms with E-state index in [1.54, 1.807) is 13.4 Å². The van der Waals surface area contributed by atoms with Gasteiger partial charge in [-0.15, -0.1) is 0 Å². The minimum Gasteiger partial charge on any atom is -0.395 e. The van der Waals surface area contributed by atoms with Crippen LogP contribution in [0.2, 0.25) is 0 Å². The van der Waals surface area contributed by atoms with E-state index in [9.17, 15) is 0 Å². The first-order valence-corrected chi connectivity index (χ1v) is 5.87. The molecule has 0 amide bonds. The van der Waals surface area contributed by atoms with E-state index in [2.05, 4.69) is 29.2 Å². The molecule has 1 unspecified atom stereocenters. The third kappa shape index (κ3) is 4.80. The molecule has 0 aliphatic heterocycles. The predicted octanol–water partition coefficient (Wildman–Crippen LogP) is 0.0310. The van der Waals surface area contributed by atoms with Gasteiger partial charge in [-0.1, -0.05) is 13.8 Å². The third-order valence-electron chi connectivity index (χ3n) is 2.37. The van der Waals surface area contributed by atoms with E-state index in [1.165, 1.54) is 0 Å². The largest absolute Gasteiger partial charge is 0.395 e. The minimum absolute atomic E-state index is 0.0478. The van der Waals surface area contributed by atoms with Crippen LogP contribution in [0.3, 0.4) is 0 Å². The van der Waals surface area contributed by atoms with Gasteiger partial charge >= 0.3 is 0 Å². The Morgan fingerprint density at radius 2 is 2.29 bits per heavy atom. The number of rotatable bonds is 8. The summed E-state index contributed by atoms with van der Waals surface area (Å²) in [7, 11) is 1.62. The maximum Gasteiger partial charge on any atom is 0.140 e. The highest BCUT2D eigenvalue weighted by Crippen LogP contribution is 2.01. The molecule has 6 nitrogen and oxygen atoms in total. The van der Waals surface area contributed by atoms with Crippen LogP contribution in [0.1, 0.15) is 19.7 Å². The van der Waals surface area contributed by atoms with E-state index in [-0.39, 0.29) is 12.6 Å². The summed E-state index contributed by atoms with van der Waals surface area (Å²) in [5.41, 5.74) is 0. The molecule has 1 aromatic heterocycles. The fourth-order valence-corrected chi connectivity index (χ4v) is 1.54. The lowest BCUT2D eigenvalue weighted by atomic mass is 10.2. The molecule has 1 heterocycles. The van der Waals surface area contributed by atoms with Crippen molar-refractivity contribution in [1.29, 1.82) is 0 Å². The van der Waals surface area contributed by atoms with Crippen LogP contribution in [0.15, 0.2) is 6.33 Å². The molecule has 98 valence electrons. The van der Waals surface area contributed by atoms with Crippen molar-refractivity contribution in [3.05, 3.63) is 12.2 Å². The van der Waals surface area contributed by atoms with E-state index in [0.717, 1.165) is 12.4 Å². The number of hydrogen-bond donors (Lipinski definition) is 2. The molecule has 0 spiro atoms. The average Bonchev–Trinajstić information content (AvgIpc) is 2.71. The van der Waals surface area contributed by atoms with Crippen LogP contribution in [0.25, 0.3) is 0 Å². The number of nitrogens with one attached hydrogen (secondary N) is 1. The first-order valence-electron chi connectivity index (χ1n) is 5.87. The zero-order chi connectivity index (χ0) is 12.7. The normalized spacial score (nSPS) is 13.2. The van der Waals surface area contributed by atoms with Crippen LogP contribution >= 0.6 is 0 Å². The number of hydrogen-bond acceptors (Lipinski definition) is 5. The van der Waals surface area contributed by atoms with Gasteiger partial charge in [0.25, 0.3) is 0 Å². The van der Waals surface area contributed by atoms with Gasteiger partial charge in [0, 0.05) is 13.7 Å². The number of ether oxygens (including phenoxy) is 1. The van der Waals surface area contributed by atoms with Gasteiger partial charge in [0.2, 0.25) is 0 Å². The Bertz CT molecular complexity index is 314. The zero-order valence-electron chi connectivity index (χ0n) is 10.8. The molecule has 6 heteroatoms. The maximum absolute atomic E-state index is 9.12. The summed E-state index contributed by atoms with van der Waals surface area (Å²) in [6, 6.07) is -0.0656. The van der Waals surface area contributed by atoms with Crippen molar-refractivity contribution in [3.63, 3.8) is 0 Å². The SMILES string of the molecule is COCC(CO)NCc1ncnn1CC(C)C. The monoisotopic (exact) mass is 242 g/mol. The molecule has 1 atom stereocenters. The molecule has 0 bridgehead atoms. The highest BCUT2D eigenvalue weighted by molar-refractivity contribution is 4.85. The number of methoxy groups -OCH3 is 1. The summed E-state index contributed by atoms with van der Waals surface area (Å²) in [4.78, 5) is 4.20. The Morgan fingerprint density at radius 1 is 1.53 bits per heavy atom. The second-order valence-corrected chi connectivity index (χ2v) is 4.47. The Hall–Kier alpha value is -0.980. The molecule has 0 aromatic carbocycles. The molecular formula is C11H22N4O2. The number of nitrogens with zero attached hydrogens (tertiary/aromatic N) is 3. The summed E-state index contributed by atoms with van der Waals surface area (Å²) < 4.78 is 6.88. The molecule has 0 aliphatic carbocycles. The van der Waals surface area contributed by atoms with Gasteiger partial charge in [0.05, 0.1) is 25.8 Å². The molecule has 0 fully saturated rings. The molecule has 0 radical (unpaired) electrons. The van der Waals surface area contributed by atoms with Crippen molar-refractivity contribution in [2.45, 2.75) is 33.0 Å². The van der Waals surface area contributed by atoms with Crippen molar-refractivity contribution in [3.8, 4) is 0 Å². The third-order valence-corrected chi connectivity index (χ3v) is 2.37. The maximum atomic E-state index is 9.12. The van der Waals surface area contributed by atoms with E-state index < -0.39 is 0 Å². The van der Waals surface area contributed by atoms with E-state index in [4.69, 9.17) is 9.84 Å². The van der Waals surface area contributed by atoms with Crippen molar-refractivity contribution in [2.24, 2.45) is 5.92 Å². The van der Waals surface area contributed by atoms with Crippen LogP contribution in [0, 0.1) is 5.92 Å². The lowest BCUT2D eigenvalue weighted by Crippen LogP contribution is -2.36. The van der Waals surface area contributed by atoms with E-state index in [0.29, 0.717) is 19.1 Å². The van der Waals surface area contributed by atoms with Crippen molar-refractivity contribution < 1.29 is 9.84 Å². The van der Waals surface area contributed by atoms with Crippen molar-refractivity contribution in [2.75, 3.05) is 20.3 Å². The van der Waals surface area contributed by atoms with Gasteiger partial charge in [-0.3, -0.25) is 0 Å².